The summed E-state index contributed by atoms with van der Waals surface area (Å²) in [6, 6.07) is 3.23. The fraction of sp³-hybridized carbons (Fsp3) is 0.381. The highest BCUT2D eigenvalue weighted by molar-refractivity contribution is 9.10. The SMILES string of the molecule is C[C@@]1(c2cc(Nc3ncnc4cc(Br)cnc34)ncc2F)CS(=O)(=O)[C@@](C)(C2CC2)C(=N)N1. The number of hydrogen-bond acceptors (Lipinski definition) is 8. The predicted octanol–water partition coefficient (Wildman–Crippen LogP) is 3.44. The Morgan fingerprint density at radius 1 is 1.18 bits per heavy atom. The van der Waals surface area contributed by atoms with Crippen LogP contribution < -0.4 is 10.6 Å². The van der Waals surface area contributed by atoms with Crippen molar-refractivity contribution in [1.29, 1.82) is 5.41 Å². The Morgan fingerprint density at radius 3 is 2.64 bits per heavy atom. The molecule has 2 atom stereocenters. The van der Waals surface area contributed by atoms with Crippen LogP contribution in [0.3, 0.4) is 0 Å². The lowest BCUT2D eigenvalue weighted by Gasteiger charge is -2.45. The van der Waals surface area contributed by atoms with E-state index in [1.165, 1.54) is 12.4 Å². The fourth-order valence-electron chi connectivity index (χ4n) is 4.42. The van der Waals surface area contributed by atoms with Crippen LogP contribution >= 0.6 is 15.9 Å². The monoisotopic (exact) mass is 533 g/mol. The molecule has 12 heteroatoms. The molecule has 1 aliphatic carbocycles. The molecule has 1 saturated heterocycles. The molecular weight excluding hydrogens is 513 g/mol. The Morgan fingerprint density at radius 2 is 1.94 bits per heavy atom. The third kappa shape index (κ3) is 3.55. The van der Waals surface area contributed by atoms with Gasteiger partial charge in [-0.05, 0) is 60.7 Å². The molecule has 0 radical (unpaired) electrons. The van der Waals surface area contributed by atoms with E-state index in [9.17, 15) is 12.8 Å². The Labute approximate surface area is 198 Å². The first-order valence-corrected chi connectivity index (χ1v) is 12.8. The quantitative estimate of drug-likeness (QED) is 0.464. The minimum atomic E-state index is -3.72. The van der Waals surface area contributed by atoms with Crippen molar-refractivity contribution in [1.82, 2.24) is 25.3 Å². The molecule has 0 spiro atoms. The molecule has 1 saturated carbocycles. The molecule has 0 aromatic carbocycles. The maximum atomic E-state index is 14.9. The number of halogens is 2. The van der Waals surface area contributed by atoms with Crippen LogP contribution in [0, 0.1) is 17.1 Å². The van der Waals surface area contributed by atoms with Gasteiger partial charge in [-0.15, -0.1) is 0 Å². The van der Waals surface area contributed by atoms with Crippen molar-refractivity contribution in [3.05, 3.63) is 46.7 Å². The van der Waals surface area contributed by atoms with E-state index >= 15 is 0 Å². The van der Waals surface area contributed by atoms with Gasteiger partial charge in [0.25, 0.3) is 0 Å². The maximum Gasteiger partial charge on any atom is 0.165 e. The molecular formula is C21H21BrFN7O2S. The highest BCUT2D eigenvalue weighted by atomic mass is 79.9. The lowest BCUT2D eigenvalue weighted by molar-refractivity contribution is 0.410. The van der Waals surface area contributed by atoms with Gasteiger partial charge in [-0.2, -0.15) is 0 Å². The second-order valence-corrected chi connectivity index (χ2v) is 12.2. The maximum absolute atomic E-state index is 14.9. The first-order chi connectivity index (χ1) is 15.5. The van der Waals surface area contributed by atoms with Crippen LogP contribution in [0.4, 0.5) is 16.0 Å². The van der Waals surface area contributed by atoms with Crippen LogP contribution in [0.5, 0.6) is 0 Å². The number of rotatable bonds is 4. The van der Waals surface area contributed by atoms with Gasteiger partial charge in [0.15, 0.2) is 15.7 Å². The van der Waals surface area contributed by atoms with Gasteiger partial charge in [0.1, 0.15) is 34.1 Å². The van der Waals surface area contributed by atoms with Gasteiger partial charge < -0.3 is 10.6 Å². The molecule has 0 unspecified atom stereocenters. The Hall–Kier alpha value is -2.73. The molecule has 1 aliphatic heterocycles. The number of sulfone groups is 1. The Bertz CT molecular complexity index is 1410. The first kappa shape index (κ1) is 22.1. The van der Waals surface area contributed by atoms with Crippen molar-refractivity contribution in [2.24, 2.45) is 5.92 Å². The van der Waals surface area contributed by atoms with Gasteiger partial charge in [-0.3, -0.25) is 5.41 Å². The lowest BCUT2D eigenvalue weighted by Crippen LogP contribution is -2.66. The number of amidine groups is 1. The van der Waals surface area contributed by atoms with Crippen molar-refractivity contribution in [3.63, 3.8) is 0 Å². The minimum absolute atomic E-state index is 0.0786. The summed E-state index contributed by atoms with van der Waals surface area (Å²) in [6.45, 7) is 3.18. The zero-order chi connectivity index (χ0) is 23.6. The Balaban J connectivity index is 1.52. The number of aromatic nitrogens is 4. The van der Waals surface area contributed by atoms with Crippen molar-refractivity contribution in [2.45, 2.75) is 37.0 Å². The molecule has 2 fully saturated rings. The van der Waals surface area contributed by atoms with E-state index in [0.29, 0.717) is 16.9 Å². The molecule has 2 aliphatic rings. The van der Waals surface area contributed by atoms with E-state index in [1.54, 1.807) is 26.1 Å². The molecule has 3 N–H and O–H groups in total. The number of fused-ring (bicyclic) bond motifs is 1. The van der Waals surface area contributed by atoms with Crippen molar-refractivity contribution >= 4 is 54.3 Å². The van der Waals surface area contributed by atoms with Crippen LogP contribution in [-0.2, 0) is 15.4 Å². The van der Waals surface area contributed by atoms with E-state index in [-0.39, 0.29) is 28.9 Å². The Kier molecular flexibility index (Phi) is 4.94. The second-order valence-electron chi connectivity index (χ2n) is 8.89. The summed E-state index contributed by atoms with van der Waals surface area (Å²) in [4.78, 5) is 16.8. The van der Waals surface area contributed by atoms with Crippen molar-refractivity contribution in [2.75, 3.05) is 11.1 Å². The van der Waals surface area contributed by atoms with Crippen molar-refractivity contribution in [3.8, 4) is 0 Å². The molecule has 5 rings (SSSR count). The molecule has 3 aromatic heterocycles. The lowest BCUT2D eigenvalue weighted by atomic mass is 9.91. The fourth-order valence-corrected chi connectivity index (χ4v) is 7.13. The highest BCUT2D eigenvalue weighted by Crippen LogP contribution is 2.48. The average Bonchev–Trinajstić information content (AvgIpc) is 3.58. The van der Waals surface area contributed by atoms with Crippen molar-refractivity contribution < 1.29 is 12.8 Å². The molecule has 172 valence electrons. The second kappa shape index (κ2) is 7.39. The molecule has 33 heavy (non-hydrogen) atoms. The standard InChI is InChI=1S/C21H21BrFN7O2S/c1-20(9-33(31,32)21(2,11-3-4-11)19(24)30-20)13-6-16(25-8-14(13)23)29-18-17-15(27-10-28-18)5-12(22)7-26-17/h5-8,10-11H,3-4,9H2,1-2H3,(H2,24,30)(H,25,27,28,29)/t20-,21-/m0/s1. The van der Waals surface area contributed by atoms with E-state index in [4.69, 9.17) is 5.41 Å². The smallest absolute Gasteiger partial charge is 0.165 e. The summed E-state index contributed by atoms with van der Waals surface area (Å²) in [5, 5.41) is 14.6. The van der Waals surface area contributed by atoms with Crippen LogP contribution in [0.1, 0.15) is 32.3 Å². The van der Waals surface area contributed by atoms with Gasteiger partial charge >= 0.3 is 0 Å². The van der Waals surface area contributed by atoms with Crippen LogP contribution in [-0.4, -0.2) is 44.7 Å². The van der Waals surface area contributed by atoms with Gasteiger partial charge in [0.05, 0.1) is 23.0 Å². The number of nitrogens with zero attached hydrogens (tertiary/aromatic N) is 4. The average molecular weight is 534 g/mol. The predicted molar refractivity (Wildman–Crippen MR) is 126 cm³/mol. The third-order valence-electron chi connectivity index (χ3n) is 6.52. The highest BCUT2D eigenvalue weighted by Gasteiger charge is 2.60. The van der Waals surface area contributed by atoms with Gasteiger partial charge in [0, 0.05) is 16.2 Å². The summed E-state index contributed by atoms with van der Waals surface area (Å²) in [7, 11) is -3.72. The van der Waals surface area contributed by atoms with Gasteiger partial charge in [-0.1, -0.05) is 0 Å². The summed E-state index contributed by atoms with van der Waals surface area (Å²) in [6.07, 6.45) is 5.56. The number of anilines is 2. The molecule has 0 amide bonds. The molecule has 0 bridgehead atoms. The topological polar surface area (TPSA) is 134 Å². The number of pyridine rings is 2. The number of hydrogen-bond donors (Lipinski definition) is 3. The number of nitrogens with one attached hydrogen (secondary N) is 3. The summed E-state index contributed by atoms with van der Waals surface area (Å²) >= 11 is 3.36. The van der Waals surface area contributed by atoms with E-state index in [2.05, 4.69) is 46.5 Å². The van der Waals surface area contributed by atoms with E-state index < -0.39 is 25.9 Å². The first-order valence-electron chi connectivity index (χ1n) is 10.3. The largest absolute Gasteiger partial charge is 0.362 e. The van der Waals surface area contributed by atoms with Gasteiger partial charge in [-0.25, -0.2) is 32.7 Å². The summed E-state index contributed by atoms with van der Waals surface area (Å²) < 4.78 is 41.0. The van der Waals surface area contributed by atoms with Crippen LogP contribution in [0.2, 0.25) is 0 Å². The zero-order valence-electron chi connectivity index (χ0n) is 17.9. The van der Waals surface area contributed by atoms with Gasteiger partial charge in [0.2, 0.25) is 0 Å². The summed E-state index contributed by atoms with van der Waals surface area (Å²) in [5.74, 6) is -0.532. The third-order valence-corrected chi connectivity index (χ3v) is 9.74. The van der Waals surface area contributed by atoms with E-state index in [1.807, 2.05) is 0 Å². The molecule has 9 nitrogen and oxygen atoms in total. The van der Waals surface area contributed by atoms with E-state index in [0.717, 1.165) is 23.5 Å². The zero-order valence-corrected chi connectivity index (χ0v) is 20.3. The normalized spacial score (nSPS) is 26.7. The molecule has 3 aromatic rings. The minimum Gasteiger partial charge on any atom is -0.362 e. The van der Waals surface area contributed by atoms with Crippen LogP contribution in [0.15, 0.2) is 35.3 Å². The molecule has 4 heterocycles. The van der Waals surface area contributed by atoms with Crippen LogP contribution in [0.25, 0.3) is 11.0 Å². The summed E-state index contributed by atoms with van der Waals surface area (Å²) in [5.41, 5.74) is -0.130.